The molecule has 0 spiro atoms. The van der Waals surface area contributed by atoms with Crippen LogP contribution in [0.25, 0.3) is 0 Å². The molecule has 0 aliphatic carbocycles. The first-order chi connectivity index (χ1) is 16.8. The Morgan fingerprint density at radius 2 is 1.27 bits per heavy atom. The number of rotatable bonds is 11. The summed E-state index contributed by atoms with van der Waals surface area (Å²) in [5.74, 6) is -3.29. The lowest BCUT2D eigenvalue weighted by molar-refractivity contribution is -0.343. The number of alkyl halides is 1. The Kier molecular flexibility index (Phi) is 12.1. The molecule has 0 amide bonds. The van der Waals surface area contributed by atoms with Crippen molar-refractivity contribution in [2.24, 2.45) is 5.41 Å². The second-order valence-corrected chi connectivity index (χ2v) is 11.7. The van der Waals surface area contributed by atoms with Crippen LogP contribution in [0.4, 0.5) is 0 Å². The van der Waals surface area contributed by atoms with Gasteiger partial charge in [0.1, 0.15) is 17.0 Å². The molecule has 12 nitrogen and oxygen atoms in total. The third kappa shape index (κ3) is 10.7. The van der Waals surface area contributed by atoms with Crippen LogP contribution in [-0.4, -0.2) is 84.2 Å². The third-order valence-electron chi connectivity index (χ3n) is 5.00. The quantitative estimate of drug-likeness (QED) is 0.149. The van der Waals surface area contributed by atoms with E-state index in [0.717, 1.165) is 20.8 Å². The number of ketones is 1. The normalized spacial score (nSPS) is 26.3. The SMILES string of the molecule is CC(=O)OC[C@H]1O[C@@H](O[C@@H](OCC(C)(C)C)[C@@](C)(Br)C(C)=O)[C@H](OC(C)=O)[C@@H](OC(C)=O)[C@@H]1OC(C)=O. The van der Waals surface area contributed by atoms with E-state index in [1.807, 2.05) is 20.8 Å². The summed E-state index contributed by atoms with van der Waals surface area (Å²) in [7, 11) is 0. The molecular weight excluding hydrogens is 560 g/mol. The van der Waals surface area contributed by atoms with Gasteiger partial charge in [-0.15, -0.1) is 0 Å². The minimum Gasteiger partial charge on any atom is -0.463 e. The van der Waals surface area contributed by atoms with E-state index in [4.69, 9.17) is 33.2 Å². The van der Waals surface area contributed by atoms with Crippen LogP contribution in [0.3, 0.4) is 0 Å². The number of esters is 4. The molecule has 1 saturated heterocycles. The molecule has 13 heteroatoms. The largest absolute Gasteiger partial charge is 0.463 e. The van der Waals surface area contributed by atoms with Gasteiger partial charge in [-0.1, -0.05) is 36.7 Å². The zero-order valence-electron chi connectivity index (χ0n) is 22.7. The number of carbonyl (C=O) groups excluding carboxylic acids is 5. The molecule has 1 aliphatic heterocycles. The van der Waals surface area contributed by atoms with Crippen LogP contribution in [-0.2, 0) is 57.1 Å². The monoisotopic (exact) mass is 596 g/mol. The molecule has 0 N–H and O–H groups in total. The first-order valence-corrected chi connectivity index (χ1v) is 12.4. The van der Waals surface area contributed by atoms with Crippen molar-refractivity contribution in [3.8, 4) is 0 Å². The van der Waals surface area contributed by atoms with Crippen LogP contribution < -0.4 is 0 Å². The Hall–Kier alpha value is -2.09. The molecule has 0 unspecified atom stereocenters. The highest BCUT2D eigenvalue weighted by molar-refractivity contribution is 9.10. The van der Waals surface area contributed by atoms with Crippen molar-refractivity contribution in [3.05, 3.63) is 0 Å². The van der Waals surface area contributed by atoms with E-state index < -0.39 is 71.8 Å². The zero-order chi connectivity index (χ0) is 28.7. The fourth-order valence-electron chi connectivity index (χ4n) is 3.24. The molecule has 0 aromatic heterocycles. The highest BCUT2D eigenvalue weighted by Gasteiger charge is 2.54. The second-order valence-electron chi connectivity index (χ2n) is 10.0. The highest BCUT2D eigenvalue weighted by Crippen LogP contribution is 2.35. The van der Waals surface area contributed by atoms with Crippen molar-refractivity contribution in [1.82, 2.24) is 0 Å². The van der Waals surface area contributed by atoms with Gasteiger partial charge >= 0.3 is 23.9 Å². The molecule has 0 radical (unpaired) electrons. The molecular formula is C24H37BrO12. The van der Waals surface area contributed by atoms with Crippen LogP contribution in [0.1, 0.15) is 62.3 Å². The number of carbonyl (C=O) groups is 5. The summed E-state index contributed by atoms with van der Waals surface area (Å²) in [4.78, 5) is 59.8. The van der Waals surface area contributed by atoms with Crippen LogP contribution in [0, 0.1) is 5.41 Å². The molecule has 212 valence electrons. The summed E-state index contributed by atoms with van der Waals surface area (Å²) in [6.45, 7) is 12.9. The van der Waals surface area contributed by atoms with E-state index in [-0.39, 0.29) is 17.8 Å². The van der Waals surface area contributed by atoms with Crippen molar-refractivity contribution >= 4 is 45.6 Å². The van der Waals surface area contributed by atoms with Crippen molar-refractivity contribution in [1.29, 1.82) is 0 Å². The van der Waals surface area contributed by atoms with Gasteiger partial charge in [0.15, 0.2) is 30.4 Å². The molecule has 1 aliphatic rings. The van der Waals surface area contributed by atoms with E-state index in [1.54, 1.807) is 0 Å². The Balaban J connectivity index is 3.55. The second kappa shape index (κ2) is 13.6. The first-order valence-electron chi connectivity index (χ1n) is 11.6. The Morgan fingerprint density at radius 1 is 0.784 bits per heavy atom. The number of hydrogen-bond donors (Lipinski definition) is 0. The van der Waals surface area contributed by atoms with Gasteiger partial charge in [-0.25, -0.2) is 0 Å². The summed E-state index contributed by atoms with van der Waals surface area (Å²) in [5, 5.41) is 0. The highest BCUT2D eigenvalue weighted by atomic mass is 79.9. The standard InChI is InChI=1S/C24H37BrO12/c1-12(26)24(9,25)22(32-11-23(6,7)8)37-21-20(35-16(5)30)19(34-15(4)29)18(33-14(3)28)17(36-21)10-31-13(2)27/h17-22H,10-11H2,1-9H3/t17-,18-,19+,20-,21+,22-,24+/m1/s1. The van der Waals surface area contributed by atoms with E-state index >= 15 is 0 Å². The molecule has 1 fully saturated rings. The van der Waals surface area contributed by atoms with E-state index in [0.29, 0.717) is 0 Å². The van der Waals surface area contributed by atoms with Gasteiger partial charge in [0, 0.05) is 27.7 Å². The van der Waals surface area contributed by atoms with Gasteiger partial charge in [0.2, 0.25) is 6.29 Å². The minimum absolute atomic E-state index is 0.164. The maximum atomic E-state index is 12.4. The van der Waals surface area contributed by atoms with Gasteiger partial charge in [-0.05, 0) is 19.3 Å². The van der Waals surface area contributed by atoms with Crippen LogP contribution in [0.2, 0.25) is 0 Å². The van der Waals surface area contributed by atoms with Gasteiger partial charge in [0.25, 0.3) is 0 Å². The van der Waals surface area contributed by atoms with Crippen LogP contribution in [0.5, 0.6) is 0 Å². The fraction of sp³-hybridized carbons (Fsp3) is 0.792. The van der Waals surface area contributed by atoms with Gasteiger partial charge in [-0.3, -0.25) is 24.0 Å². The van der Waals surface area contributed by atoms with E-state index in [2.05, 4.69) is 15.9 Å². The predicted molar refractivity (Wildman–Crippen MR) is 130 cm³/mol. The zero-order valence-corrected chi connectivity index (χ0v) is 24.2. The van der Waals surface area contributed by atoms with Crippen molar-refractivity contribution in [2.45, 2.75) is 104 Å². The van der Waals surface area contributed by atoms with Crippen LogP contribution >= 0.6 is 15.9 Å². The summed E-state index contributed by atoms with van der Waals surface area (Å²) >= 11 is 3.36. The number of Topliss-reactive ketones (excluding diaryl/α,β-unsaturated/α-hetero) is 1. The smallest absolute Gasteiger partial charge is 0.303 e. The summed E-state index contributed by atoms with van der Waals surface area (Å²) in [5.41, 5.74) is -0.317. The molecule has 37 heavy (non-hydrogen) atoms. The van der Waals surface area contributed by atoms with Gasteiger partial charge < -0.3 is 33.2 Å². The van der Waals surface area contributed by atoms with Crippen molar-refractivity contribution in [3.63, 3.8) is 0 Å². The Morgan fingerprint density at radius 3 is 1.70 bits per heavy atom. The van der Waals surface area contributed by atoms with Crippen molar-refractivity contribution in [2.75, 3.05) is 13.2 Å². The summed E-state index contributed by atoms with van der Waals surface area (Å²) < 4.78 is 37.8. The molecule has 0 saturated carbocycles. The molecule has 7 atom stereocenters. The fourth-order valence-corrected chi connectivity index (χ4v) is 3.48. The average Bonchev–Trinajstić information content (AvgIpc) is 2.71. The number of ether oxygens (including phenoxy) is 7. The van der Waals surface area contributed by atoms with E-state index in [1.165, 1.54) is 20.8 Å². The van der Waals surface area contributed by atoms with Crippen LogP contribution in [0.15, 0.2) is 0 Å². The van der Waals surface area contributed by atoms with E-state index in [9.17, 15) is 24.0 Å². The molecule has 1 heterocycles. The number of halogens is 1. The Bertz CT molecular complexity index is 849. The van der Waals surface area contributed by atoms with Crippen molar-refractivity contribution < 1.29 is 57.1 Å². The topological polar surface area (TPSA) is 150 Å². The summed E-state index contributed by atoms with van der Waals surface area (Å²) in [6.07, 6.45) is -8.16. The lowest BCUT2D eigenvalue weighted by atomic mass is 9.97. The lowest BCUT2D eigenvalue weighted by Gasteiger charge is -2.45. The maximum Gasteiger partial charge on any atom is 0.303 e. The third-order valence-corrected chi connectivity index (χ3v) is 5.94. The summed E-state index contributed by atoms with van der Waals surface area (Å²) in [6, 6.07) is 0. The average molecular weight is 597 g/mol. The Labute approximate surface area is 225 Å². The first kappa shape index (κ1) is 32.9. The number of hydrogen-bond acceptors (Lipinski definition) is 12. The van der Waals surface area contributed by atoms with Gasteiger partial charge in [0.05, 0.1) is 6.61 Å². The molecule has 0 aromatic rings. The lowest BCUT2D eigenvalue weighted by Crippen LogP contribution is -2.64. The maximum absolute atomic E-state index is 12.4. The minimum atomic E-state index is -1.50. The molecule has 1 rings (SSSR count). The van der Waals surface area contributed by atoms with Gasteiger partial charge in [-0.2, -0.15) is 0 Å². The molecule has 0 aromatic carbocycles. The molecule has 0 bridgehead atoms. The predicted octanol–water partition coefficient (Wildman–Crippen LogP) is 2.22.